The Morgan fingerprint density at radius 1 is 0.737 bits per heavy atom. The Hall–Kier alpha value is -4.29. The molecule has 1 unspecified atom stereocenters. The molecule has 38 heavy (non-hydrogen) atoms. The summed E-state index contributed by atoms with van der Waals surface area (Å²) in [4.78, 5) is 47.4. The lowest BCUT2D eigenvalue weighted by Crippen LogP contribution is -2.26. The lowest BCUT2D eigenvalue weighted by atomic mass is 10.0. The second-order valence-corrected chi connectivity index (χ2v) is 10.7. The van der Waals surface area contributed by atoms with E-state index in [2.05, 4.69) is 10.6 Å². The highest BCUT2D eigenvalue weighted by Gasteiger charge is 2.38. The molecule has 0 aliphatic rings. The van der Waals surface area contributed by atoms with Crippen LogP contribution in [0.1, 0.15) is 27.1 Å². The summed E-state index contributed by atoms with van der Waals surface area (Å²) in [5, 5.41) is 8.40. The second-order valence-electron chi connectivity index (χ2n) is 8.96. The summed E-state index contributed by atoms with van der Waals surface area (Å²) in [6.07, 6.45) is 0. The number of hydrogen-bond donors (Lipinski definition) is 4. The van der Waals surface area contributed by atoms with Gasteiger partial charge in [0.05, 0.1) is 11.3 Å². The normalized spacial score (nSPS) is 12.3. The molecule has 8 heteroatoms. The van der Waals surface area contributed by atoms with E-state index in [1.54, 1.807) is 36.4 Å². The van der Waals surface area contributed by atoms with Crippen LogP contribution in [0.3, 0.4) is 0 Å². The Kier molecular flexibility index (Phi) is 7.07. The number of benzene rings is 5. The second kappa shape index (κ2) is 10.6. The summed E-state index contributed by atoms with van der Waals surface area (Å²) in [6, 6.07) is 32.2. The lowest BCUT2D eigenvalue weighted by molar-refractivity contribution is -0.116. The van der Waals surface area contributed by atoms with Crippen LogP contribution >= 0.6 is 7.60 Å². The Morgan fingerprint density at radius 3 is 2.05 bits per heavy atom. The van der Waals surface area contributed by atoms with Gasteiger partial charge in [0.1, 0.15) is 0 Å². The number of nitrogens with one attached hydrogen (secondary N) is 2. The zero-order valence-corrected chi connectivity index (χ0v) is 21.1. The smallest absolute Gasteiger partial charge is 0.342 e. The molecule has 2 amide bonds. The summed E-state index contributed by atoms with van der Waals surface area (Å²) in [7, 11) is -4.95. The quantitative estimate of drug-likeness (QED) is 0.202. The van der Waals surface area contributed by atoms with Gasteiger partial charge in [-0.05, 0) is 44.8 Å². The number of amides is 2. The minimum atomic E-state index is -4.95. The van der Waals surface area contributed by atoms with Crippen LogP contribution in [0.25, 0.3) is 21.5 Å². The Balaban J connectivity index is 1.53. The molecular weight excluding hydrogens is 499 g/mol. The lowest BCUT2D eigenvalue weighted by Gasteiger charge is -2.21. The first-order chi connectivity index (χ1) is 18.3. The topological polar surface area (TPSA) is 116 Å². The molecule has 0 bridgehead atoms. The molecule has 5 aromatic rings. The van der Waals surface area contributed by atoms with E-state index >= 15 is 0 Å². The van der Waals surface area contributed by atoms with Crippen molar-refractivity contribution in [2.75, 3.05) is 5.32 Å². The van der Waals surface area contributed by atoms with Crippen LogP contribution in [0.4, 0.5) is 5.69 Å². The van der Waals surface area contributed by atoms with E-state index in [-0.39, 0.29) is 23.4 Å². The minimum absolute atomic E-state index is 0.165. The molecule has 5 aromatic carbocycles. The number of carbonyl (C=O) groups excluding carboxylic acids is 2. The van der Waals surface area contributed by atoms with Crippen molar-refractivity contribution < 1.29 is 23.9 Å². The highest BCUT2D eigenvalue weighted by Crippen LogP contribution is 2.53. The van der Waals surface area contributed by atoms with Crippen LogP contribution in [0.15, 0.2) is 109 Å². The first kappa shape index (κ1) is 25.4. The van der Waals surface area contributed by atoms with Crippen molar-refractivity contribution in [2.45, 2.75) is 12.2 Å². The molecule has 0 spiro atoms. The van der Waals surface area contributed by atoms with Gasteiger partial charge in [0, 0.05) is 6.54 Å². The van der Waals surface area contributed by atoms with Crippen molar-refractivity contribution in [2.24, 2.45) is 0 Å². The first-order valence-electron chi connectivity index (χ1n) is 12.0. The van der Waals surface area contributed by atoms with E-state index < -0.39 is 25.1 Å². The third-order valence-electron chi connectivity index (χ3n) is 6.39. The van der Waals surface area contributed by atoms with Gasteiger partial charge in [-0.3, -0.25) is 14.2 Å². The van der Waals surface area contributed by atoms with E-state index in [0.29, 0.717) is 5.39 Å². The van der Waals surface area contributed by atoms with Gasteiger partial charge in [-0.25, -0.2) is 0 Å². The number of carbonyl (C=O) groups is 2. The number of rotatable bonds is 7. The molecule has 7 nitrogen and oxygen atoms in total. The molecule has 0 aliphatic heterocycles. The number of hydrogen-bond acceptors (Lipinski definition) is 3. The van der Waals surface area contributed by atoms with Crippen LogP contribution in [0.5, 0.6) is 0 Å². The van der Waals surface area contributed by atoms with E-state index in [9.17, 15) is 23.9 Å². The Bertz CT molecular complexity index is 1690. The van der Waals surface area contributed by atoms with Gasteiger partial charge in [-0.15, -0.1) is 0 Å². The van der Waals surface area contributed by atoms with Crippen LogP contribution < -0.4 is 10.6 Å². The highest BCUT2D eigenvalue weighted by molar-refractivity contribution is 7.53. The average molecular weight is 525 g/mol. The van der Waals surface area contributed by atoms with Crippen LogP contribution in [-0.2, 0) is 15.9 Å². The maximum Gasteiger partial charge on any atom is 0.342 e. The molecule has 0 saturated carbocycles. The third-order valence-corrected chi connectivity index (χ3v) is 7.57. The third kappa shape index (κ3) is 5.36. The molecule has 5 rings (SSSR count). The van der Waals surface area contributed by atoms with Gasteiger partial charge in [-0.2, -0.15) is 0 Å². The van der Waals surface area contributed by atoms with Gasteiger partial charge in [-0.1, -0.05) is 97.1 Å². The summed E-state index contributed by atoms with van der Waals surface area (Å²) in [5.74, 6) is -1.32. The van der Waals surface area contributed by atoms with Crippen molar-refractivity contribution in [3.63, 3.8) is 0 Å². The Morgan fingerprint density at radius 2 is 1.34 bits per heavy atom. The van der Waals surface area contributed by atoms with Crippen molar-refractivity contribution in [1.29, 1.82) is 0 Å². The van der Waals surface area contributed by atoms with Crippen molar-refractivity contribution in [3.8, 4) is 0 Å². The molecule has 190 valence electrons. The Labute approximate surface area is 219 Å². The molecule has 0 saturated heterocycles. The van der Waals surface area contributed by atoms with Gasteiger partial charge in [0.2, 0.25) is 5.91 Å². The van der Waals surface area contributed by atoms with E-state index in [1.807, 2.05) is 72.8 Å². The number of fused-ring (bicyclic) bond motifs is 2. The van der Waals surface area contributed by atoms with Crippen molar-refractivity contribution in [3.05, 3.63) is 126 Å². The molecule has 4 N–H and O–H groups in total. The summed E-state index contributed by atoms with van der Waals surface area (Å²) >= 11 is 0. The summed E-state index contributed by atoms with van der Waals surface area (Å²) < 4.78 is 12.7. The summed E-state index contributed by atoms with van der Waals surface area (Å²) in [6.45, 7) is 0.279. The van der Waals surface area contributed by atoms with Gasteiger partial charge < -0.3 is 20.4 Å². The molecule has 0 radical (unpaired) electrons. The predicted octanol–water partition coefficient (Wildman–Crippen LogP) is 5.78. The SMILES string of the molecule is O=C(NCc1ccccc1)c1cc2ccccc2cc1NC(=O)C(c1cccc2ccccc12)P(=O)(O)O. The first-order valence-corrected chi connectivity index (χ1v) is 13.7. The fourth-order valence-electron chi connectivity index (χ4n) is 4.57. The molecule has 0 aromatic heterocycles. The fourth-order valence-corrected chi connectivity index (χ4v) is 5.53. The molecular formula is C30H25N2O5P. The molecule has 0 heterocycles. The van der Waals surface area contributed by atoms with Crippen LogP contribution in [0.2, 0.25) is 0 Å². The summed E-state index contributed by atoms with van der Waals surface area (Å²) in [5.41, 5.74) is -0.289. The fraction of sp³-hybridized carbons (Fsp3) is 0.0667. The average Bonchev–Trinajstić information content (AvgIpc) is 2.91. The van der Waals surface area contributed by atoms with Gasteiger partial charge in [0.25, 0.3) is 5.91 Å². The van der Waals surface area contributed by atoms with Gasteiger partial charge >= 0.3 is 7.60 Å². The highest BCUT2D eigenvalue weighted by atomic mass is 31.2. The largest absolute Gasteiger partial charge is 0.348 e. The predicted molar refractivity (Wildman–Crippen MR) is 149 cm³/mol. The number of anilines is 1. The zero-order chi connectivity index (χ0) is 26.7. The van der Waals surface area contributed by atoms with E-state index in [4.69, 9.17) is 0 Å². The monoisotopic (exact) mass is 524 g/mol. The minimum Gasteiger partial charge on any atom is -0.348 e. The van der Waals surface area contributed by atoms with Gasteiger partial charge in [0.15, 0.2) is 5.66 Å². The van der Waals surface area contributed by atoms with Crippen LogP contribution in [0, 0.1) is 0 Å². The maximum atomic E-state index is 13.6. The maximum absolute atomic E-state index is 13.6. The standard InChI is InChI=1S/C30H25N2O5P/c33-29(31-19-20-9-2-1-3-10-20)26-17-22-12-4-5-13-23(22)18-27(26)32-30(34)28(38(35,36)37)25-16-8-14-21-11-6-7-15-24(21)25/h1-18,28H,19H2,(H,31,33)(H,32,34)(H2,35,36,37). The zero-order valence-electron chi connectivity index (χ0n) is 20.2. The molecule has 0 aliphatic carbocycles. The van der Waals surface area contributed by atoms with E-state index in [1.165, 1.54) is 0 Å². The van der Waals surface area contributed by atoms with E-state index in [0.717, 1.165) is 21.7 Å². The molecule has 0 fully saturated rings. The molecule has 1 atom stereocenters. The van der Waals surface area contributed by atoms with Crippen molar-refractivity contribution >= 4 is 46.6 Å². The van der Waals surface area contributed by atoms with Crippen molar-refractivity contribution in [1.82, 2.24) is 5.32 Å². The van der Waals surface area contributed by atoms with Crippen LogP contribution in [-0.4, -0.2) is 21.6 Å².